The summed E-state index contributed by atoms with van der Waals surface area (Å²) in [6.45, 7) is 6.31. The molecular formula is C10H15NO3S. The van der Waals surface area contributed by atoms with Gasteiger partial charge in [0.15, 0.2) is 0 Å². The maximum Gasteiger partial charge on any atom is 0.308 e. The first-order chi connectivity index (χ1) is 7.04. The Morgan fingerprint density at radius 1 is 1.67 bits per heavy atom. The van der Waals surface area contributed by atoms with Gasteiger partial charge >= 0.3 is 5.97 Å². The third-order valence-electron chi connectivity index (χ3n) is 1.99. The van der Waals surface area contributed by atoms with E-state index in [9.17, 15) is 4.79 Å². The first kappa shape index (κ1) is 12.1. The Labute approximate surface area is 92.9 Å². The summed E-state index contributed by atoms with van der Waals surface area (Å²) < 4.78 is 5.40. The Hall–Kier alpha value is -0.940. The maximum atomic E-state index is 10.6. The fraction of sp³-hybridized carbons (Fsp3) is 0.600. The van der Waals surface area contributed by atoms with Gasteiger partial charge in [-0.2, -0.15) is 0 Å². The summed E-state index contributed by atoms with van der Waals surface area (Å²) >= 11 is 1.42. The van der Waals surface area contributed by atoms with Crippen molar-refractivity contribution in [3.63, 3.8) is 0 Å². The molecule has 1 rings (SSSR count). The molecule has 0 saturated carbocycles. The van der Waals surface area contributed by atoms with Crippen molar-refractivity contribution in [2.75, 3.05) is 6.61 Å². The molecule has 1 aromatic rings. The summed E-state index contributed by atoms with van der Waals surface area (Å²) in [5.74, 6) is -0.822. The fourth-order valence-corrected chi connectivity index (χ4v) is 2.31. The van der Waals surface area contributed by atoms with Gasteiger partial charge in [0.05, 0.1) is 12.1 Å². The van der Waals surface area contributed by atoms with Crippen molar-refractivity contribution in [3.05, 3.63) is 15.6 Å². The van der Waals surface area contributed by atoms with Crippen LogP contribution in [0.1, 0.15) is 35.5 Å². The number of carboxylic acid groups (broad SMARTS) is 1. The highest BCUT2D eigenvalue weighted by molar-refractivity contribution is 7.11. The lowest BCUT2D eigenvalue weighted by Crippen LogP contribution is -1.99. The molecule has 84 valence electrons. The van der Waals surface area contributed by atoms with Gasteiger partial charge in [-0.05, 0) is 20.8 Å². The topological polar surface area (TPSA) is 59.4 Å². The molecule has 4 nitrogen and oxygen atoms in total. The maximum absolute atomic E-state index is 10.6. The zero-order valence-corrected chi connectivity index (χ0v) is 9.93. The number of aromatic nitrogens is 1. The number of hydrogen-bond acceptors (Lipinski definition) is 4. The summed E-state index contributed by atoms with van der Waals surface area (Å²) in [6.07, 6.45) is -0.0104. The SMILES string of the molecule is CCOC(C)c1nc(C)c(CC(=O)O)s1. The number of carboxylic acids is 1. The van der Waals surface area contributed by atoms with Crippen LogP contribution in [0.25, 0.3) is 0 Å². The molecule has 0 spiro atoms. The predicted molar refractivity (Wildman–Crippen MR) is 58.2 cm³/mol. The molecule has 1 aromatic heterocycles. The summed E-state index contributed by atoms with van der Waals surface area (Å²) in [7, 11) is 0. The second-order valence-electron chi connectivity index (χ2n) is 3.23. The molecule has 1 N–H and O–H groups in total. The van der Waals surface area contributed by atoms with E-state index in [1.165, 1.54) is 11.3 Å². The van der Waals surface area contributed by atoms with Gasteiger partial charge in [0.25, 0.3) is 0 Å². The van der Waals surface area contributed by atoms with Crippen LogP contribution in [0.2, 0.25) is 0 Å². The van der Waals surface area contributed by atoms with Gasteiger partial charge in [0.1, 0.15) is 11.1 Å². The molecule has 0 fully saturated rings. The van der Waals surface area contributed by atoms with Gasteiger partial charge in [-0.1, -0.05) is 0 Å². The van der Waals surface area contributed by atoms with Crippen molar-refractivity contribution in [3.8, 4) is 0 Å². The van der Waals surface area contributed by atoms with Crippen molar-refractivity contribution in [1.29, 1.82) is 0 Å². The lowest BCUT2D eigenvalue weighted by atomic mass is 10.3. The van der Waals surface area contributed by atoms with Crippen molar-refractivity contribution in [2.45, 2.75) is 33.3 Å². The summed E-state index contributed by atoms with van der Waals surface area (Å²) in [4.78, 5) is 15.7. The van der Waals surface area contributed by atoms with Gasteiger partial charge in [-0.25, -0.2) is 4.98 Å². The lowest BCUT2D eigenvalue weighted by molar-refractivity contribution is -0.136. The number of aryl methyl sites for hydroxylation is 1. The Bertz CT molecular complexity index is 348. The molecular weight excluding hydrogens is 214 g/mol. The monoisotopic (exact) mass is 229 g/mol. The number of carbonyl (C=O) groups is 1. The molecule has 0 saturated heterocycles. The average molecular weight is 229 g/mol. The molecule has 1 heterocycles. The number of ether oxygens (including phenoxy) is 1. The molecule has 0 radical (unpaired) electrons. The van der Waals surface area contributed by atoms with Crippen molar-refractivity contribution in [1.82, 2.24) is 4.98 Å². The minimum atomic E-state index is -0.822. The van der Waals surface area contributed by atoms with E-state index in [2.05, 4.69) is 4.98 Å². The number of hydrogen-bond donors (Lipinski definition) is 1. The first-order valence-corrected chi connectivity index (χ1v) is 5.65. The molecule has 0 aliphatic heterocycles. The molecule has 5 heteroatoms. The van der Waals surface area contributed by atoms with Crippen LogP contribution in [0.3, 0.4) is 0 Å². The number of aliphatic carboxylic acids is 1. The standard InChI is InChI=1S/C10H15NO3S/c1-4-14-7(3)10-11-6(2)8(15-10)5-9(12)13/h7H,4-5H2,1-3H3,(H,12,13). The summed E-state index contributed by atoms with van der Waals surface area (Å²) in [6, 6.07) is 0. The van der Waals surface area contributed by atoms with Crippen molar-refractivity contribution < 1.29 is 14.6 Å². The predicted octanol–water partition coefficient (Wildman–Crippen LogP) is 2.18. The van der Waals surface area contributed by atoms with Crippen molar-refractivity contribution in [2.24, 2.45) is 0 Å². The number of nitrogens with zero attached hydrogens (tertiary/aromatic N) is 1. The highest BCUT2D eigenvalue weighted by Gasteiger charge is 2.15. The average Bonchev–Trinajstić information content (AvgIpc) is 2.47. The molecule has 1 unspecified atom stereocenters. The quantitative estimate of drug-likeness (QED) is 0.840. The highest BCUT2D eigenvalue weighted by atomic mass is 32.1. The minimum absolute atomic E-state index is 0.0440. The fourth-order valence-electron chi connectivity index (χ4n) is 1.25. The van der Waals surface area contributed by atoms with E-state index in [-0.39, 0.29) is 12.5 Å². The molecule has 0 aliphatic rings. The van der Waals surface area contributed by atoms with Gasteiger partial charge in [-0.15, -0.1) is 11.3 Å². The third kappa shape index (κ3) is 3.28. The minimum Gasteiger partial charge on any atom is -0.481 e. The van der Waals surface area contributed by atoms with Crippen LogP contribution in [0, 0.1) is 6.92 Å². The zero-order valence-electron chi connectivity index (χ0n) is 9.11. The molecule has 0 aliphatic carbocycles. The summed E-state index contributed by atoms with van der Waals surface area (Å²) in [5, 5.41) is 9.54. The van der Waals surface area contributed by atoms with Gasteiger partial charge in [0.2, 0.25) is 0 Å². The van der Waals surface area contributed by atoms with Crippen LogP contribution in [0.15, 0.2) is 0 Å². The molecule has 0 amide bonds. The van der Waals surface area contributed by atoms with E-state index in [4.69, 9.17) is 9.84 Å². The summed E-state index contributed by atoms with van der Waals surface area (Å²) in [5.41, 5.74) is 0.795. The van der Waals surface area contributed by atoms with Crippen LogP contribution in [0.4, 0.5) is 0 Å². The van der Waals surface area contributed by atoms with E-state index in [0.29, 0.717) is 6.61 Å². The smallest absolute Gasteiger partial charge is 0.308 e. The van der Waals surface area contributed by atoms with Gasteiger partial charge < -0.3 is 9.84 Å². The lowest BCUT2D eigenvalue weighted by Gasteiger charge is -2.06. The highest BCUT2D eigenvalue weighted by Crippen LogP contribution is 2.25. The third-order valence-corrected chi connectivity index (χ3v) is 3.30. The largest absolute Gasteiger partial charge is 0.481 e. The van der Waals surface area contributed by atoms with Crippen LogP contribution < -0.4 is 0 Å². The van der Waals surface area contributed by atoms with E-state index < -0.39 is 5.97 Å². The van der Waals surface area contributed by atoms with E-state index >= 15 is 0 Å². The van der Waals surface area contributed by atoms with Gasteiger partial charge in [-0.3, -0.25) is 4.79 Å². The molecule has 0 bridgehead atoms. The molecule has 1 atom stereocenters. The normalized spacial score (nSPS) is 12.7. The van der Waals surface area contributed by atoms with Crippen molar-refractivity contribution >= 4 is 17.3 Å². The molecule has 15 heavy (non-hydrogen) atoms. The van der Waals surface area contributed by atoms with E-state index in [0.717, 1.165) is 15.6 Å². The zero-order chi connectivity index (χ0) is 11.4. The van der Waals surface area contributed by atoms with Gasteiger partial charge in [0, 0.05) is 11.5 Å². The Kier molecular flexibility index (Phi) is 4.23. The Balaban J connectivity index is 2.80. The Morgan fingerprint density at radius 3 is 2.87 bits per heavy atom. The van der Waals surface area contributed by atoms with Crippen LogP contribution in [-0.2, 0) is 16.0 Å². The Morgan fingerprint density at radius 2 is 2.33 bits per heavy atom. The van der Waals surface area contributed by atoms with Crippen LogP contribution >= 0.6 is 11.3 Å². The second kappa shape index (κ2) is 5.23. The number of thiazole rings is 1. The number of rotatable bonds is 5. The first-order valence-electron chi connectivity index (χ1n) is 4.84. The molecule has 0 aromatic carbocycles. The van der Waals surface area contributed by atoms with E-state index in [1.54, 1.807) is 0 Å². The second-order valence-corrected chi connectivity index (χ2v) is 4.34. The van der Waals surface area contributed by atoms with E-state index in [1.807, 2.05) is 20.8 Å². The van der Waals surface area contributed by atoms with Crippen LogP contribution in [-0.4, -0.2) is 22.7 Å². The van der Waals surface area contributed by atoms with Crippen LogP contribution in [0.5, 0.6) is 0 Å².